The molecule has 0 aliphatic heterocycles. The van der Waals surface area contributed by atoms with Crippen LogP contribution in [0.1, 0.15) is 62.2 Å². The van der Waals surface area contributed by atoms with Crippen LogP contribution in [0.5, 0.6) is 5.75 Å². The summed E-state index contributed by atoms with van der Waals surface area (Å²) in [5.41, 5.74) is -0.408. The van der Waals surface area contributed by atoms with Gasteiger partial charge in [-0.15, -0.1) is 0 Å². The van der Waals surface area contributed by atoms with Crippen molar-refractivity contribution in [3.05, 3.63) is 33.9 Å². The molecule has 0 spiro atoms. The zero-order valence-electron chi connectivity index (χ0n) is 17.6. The zero-order valence-corrected chi connectivity index (χ0v) is 17.6. The van der Waals surface area contributed by atoms with Gasteiger partial charge in [0.25, 0.3) is 0 Å². The van der Waals surface area contributed by atoms with E-state index in [1.165, 1.54) is 30.2 Å². The molecule has 1 amide bonds. The molecule has 0 N–H and O–H groups in total. The lowest BCUT2D eigenvalue weighted by atomic mass is 10.1. The van der Waals surface area contributed by atoms with Gasteiger partial charge in [0, 0.05) is 13.0 Å². The van der Waals surface area contributed by atoms with Crippen molar-refractivity contribution in [2.24, 2.45) is 0 Å². The van der Waals surface area contributed by atoms with Crippen molar-refractivity contribution in [3.63, 3.8) is 0 Å². The fraction of sp³-hybridized carbons (Fsp3) is 0.571. The minimum absolute atomic E-state index is 0.0270. The van der Waals surface area contributed by atoms with Crippen LogP contribution in [0.15, 0.2) is 18.2 Å². The van der Waals surface area contributed by atoms with Crippen LogP contribution in [-0.2, 0) is 14.3 Å². The van der Waals surface area contributed by atoms with Crippen LogP contribution in [0.4, 0.5) is 5.69 Å². The maximum Gasteiger partial charge on any atom is 0.325 e. The Kier molecular flexibility index (Phi) is 11.8. The molecule has 166 valence electrons. The number of rotatable bonds is 15. The lowest BCUT2D eigenvalue weighted by Crippen LogP contribution is -2.36. The third kappa shape index (κ3) is 8.59. The molecule has 0 fully saturated rings. The molecule has 0 heterocycles. The average Bonchev–Trinajstić information content (AvgIpc) is 2.74. The predicted molar refractivity (Wildman–Crippen MR) is 111 cm³/mol. The van der Waals surface area contributed by atoms with E-state index in [0.717, 1.165) is 25.7 Å². The Morgan fingerprint density at radius 3 is 2.57 bits per heavy atom. The van der Waals surface area contributed by atoms with E-state index in [9.17, 15) is 24.5 Å². The quantitative estimate of drug-likeness (QED) is 0.139. The van der Waals surface area contributed by atoms with Gasteiger partial charge in [-0.1, -0.05) is 32.3 Å². The largest absolute Gasteiger partial charge is 0.487 e. The lowest BCUT2D eigenvalue weighted by Gasteiger charge is -2.21. The number of aldehydes is 1. The summed E-state index contributed by atoms with van der Waals surface area (Å²) in [5.74, 6) is -0.561. The number of hydrogen-bond donors (Lipinski definition) is 0. The second kappa shape index (κ2) is 14.1. The van der Waals surface area contributed by atoms with E-state index >= 15 is 0 Å². The zero-order chi connectivity index (χ0) is 22.4. The number of ether oxygens (including phenoxy) is 2. The number of carbonyl (C=O) groups is 3. The Labute approximate surface area is 176 Å². The van der Waals surface area contributed by atoms with Crippen LogP contribution in [0.25, 0.3) is 0 Å². The van der Waals surface area contributed by atoms with Gasteiger partial charge in [0.1, 0.15) is 6.54 Å². The first-order valence-corrected chi connectivity index (χ1v) is 10.1. The fourth-order valence-electron chi connectivity index (χ4n) is 2.91. The number of nitro groups is 1. The number of methoxy groups -OCH3 is 1. The number of para-hydroxylation sites is 1. The third-order valence-corrected chi connectivity index (χ3v) is 4.56. The molecule has 1 aromatic rings. The van der Waals surface area contributed by atoms with Crippen LogP contribution < -0.4 is 4.74 Å². The van der Waals surface area contributed by atoms with Gasteiger partial charge in [-0.05, 0) is 31.4 Å². The third-order valence-electron chi connectivity index (χ3n) is 4.56. The van der Waals surface area contributed by atoms with Crippen LogP contribution in [0.2, 0.25) is 0 Å². The summed E-state index contributed by atoms with van der Waals surface area (Å²) in [5, 5.41) is 11.2. The highest BCUT2D eigenvalue weighted by molar-refractivity contribution is 5.83. The standard InChI is InChI=1S/C21H30N2O7/c1-3-4-5-7-13-22(15-20(26)29-2)19(25)12-6-8-14-30-18-11-9-10-17(16-24)21(18)23(27)28/h9-11,16H,3-8,12-15H2,1-2H3. The Morgan fingerprint density at radius 1 is 1.17 bits per heavy atom. The maximum absolute atomic E-state index is 12.5. The molecule has 0 unspecified atom stereocenters. The molecule has 9 nitrogen and oxygen atoms in total. The first-order chi connectivity index (χ1) is 14.4. The van der Waals surface area contributed by atoms with Crippen molar-refractivity contribution in [3.8, 4) is 5.75 Å². The Morgan fingerprint density at radius 2 is 1.93 bits per heavy atom. The minimum Gasteiger partial charge on any atom is -0.487 e. The van der Waals surface area contributed by atoms with E-state index in [2.05, 4.69) is 11.7 Å². The van der Waals surface area contributed by atoms with Crippen molar-refractivity contribution in [2.75, 3.05) is 26.8 Å². The van der Waals surface area contributed by atoms with E-state index in [-0.39, 0.29) is 42.5 Å². The highest BCUT2D eigenvalue weighted by Gasteiger charge is 2.21. The smallest absolute Gasteiger partial charge is 0.325 e. The van der Waals surface area contributed by atoms with Gasteiger partial charge in [0.15, 0.2) is 12.0 Å². The Hall–Kier alpha value is -2.97. The van der Waals surface area contributed by atoms with E-state index in [1.54, 1.807) is 0 Å². The number of unbranched alkanes of at least 4 members (excludes halogenated alkanes) is 4. The molecule has 0 saturated carbocycles. The van der Waals surface area contributed by atoms with E-state index in [1.807, 2.05) is 0 Å². The molecule has 9 heteroatoms. The van der Waals surface area contributed by atoms with E-state index in [0.29, 0.717) is 25.7 Å². The van der Waals surface area contributed by atoms with Gasteiger partial charge in [-0.3, -0.25) is 24.5 Å². The second-order valence-corrected chi connectivity index (χ2v) is 6.83. The summed E-state index contributed by atoms with van der Waals surface area (Å²) in [6.45, 7) is 2.71. The van der Waals surface area contributed by atoms with Gasteiger partial charge in [0.05, 0.1) is 24.2 Å². The number of benzene rings is 1. The minimum atomic E-state index is -0.647. The number of nitro benzene ring substituents is 1. The molecule has 0 bridgehead atoms. The van der Waals surface area contributed by atoms with Crippen molar-refractivity contribution in [2.45, 2.75) is 51.9 Å². The molecule has 1 aromatic carbocycles. The van der Waals surface area contributed by atoms with Gasteiger partial charge >= 0.3 is 11.7 Å². The number of amides is 1. The van der Waals surface area contributed by atoms with E-state index in [4.69, 9.17) is 4.74 Å². The Balaban J connectivity index is 2.50. The van der Waals surface area contributed by atoms with E-state index < -0.39 is 10.9 Å². The molecule has 1 rings (SSSR count). The summed E-state index contributed by atoms with van der Waals surface area (Å²) in [7, 11) is 1.29. The Bertz CT molecular complexity index is 721. The predicted octanol–water partition coefficient (Wildman–Crippen LogP) is 3.54. The number of nitrogens with zero attached hydrogens (tertiary/aromatic N) is 2. The molecule has 0 atom stereocenters. The van der Waals surface area contributed by atoms with Gasteiger partial charge in [-0.2, -0.15) is 0 Å². The maximum atomic E-state index is 12.5. The summed E-state index contributed by atoms with van der Waals surface area (Å²) in [6, 6.07) is 4.30. The van der Waals surface area contributed by atoms with Gasteiger partial charge in [-0.25, -0.2) is 0 Å². The molecular weight excluding hydrogens is 392 g/mol. The highest BCUT2D eigenvalue weighted by atomic mass is 16.6. The fourth-order valence-corrected chi connectivity index (χ4v) is 2.91. The van der Waals surface area contributed by atoms with Gasteiger partial charge < -0.3 is 14.4 Å². The lowest BCUT2D eigenvalue weighted by molar-refractivity contribution is -0.386. The summed E-state index contributed by atoms with van der Waals surface area (Å²) < 4.78 is 10.1. The highest BCUT2D eigenvalue weighted by Crippen LogP contribution is 2.29. The van der Waals surface area contributed by atoms with Crippen LogP contribution in [-0.4, -0.2) is 54.8 Å². The SMILES string of the molecule is CCCCCCN(CC(=O)OC)C(=O)CCCCOc1cccc(C=O)c1[N+](=O)[O-]. The van der Waals surface area contributed by atoms with Crippen molar-refractivity contribution < 1.29 is 28.8 Å². The number of carbonyl (C=O) groups excluding carboxylic acids is 3. The summed E-state index contributed by atoms with van der Waals surface area (Å²) in [6.07, 6.45) is 5.64. The topological polar surface area (TPSA) is 116 Å². The molecule has 0 radical (unpaired) electrons. The van der Waals surface area contributed by atoms with Crippen LogP contribution in [0.3, 0.4) is 0 Å². The summed E-state index contributed by atoms with van der Waals surface area (Å²) >= 11 is 0. The van der Waals surface area contributed by atoms with Crippen LogP contribution in [0, 0.1) is 10.1 Å². The monoisotopic (exact) mass is 422 g/mol. The van der Waals surface area contributed by atoms with Crippen molar-refractivity contribution >= 4 is 23.9 Å². The van der Waals surface area contributed by atoms with Crippen molar-refractivity contribution in [1.82, 2.24) is 4.90 Å². The van der Waals surface area contributed by atoms with Crippen molar-refractivity contribution in [1.29, 1.82) is 0 Å². The van der Waals surface area contributed by atoms with Crippen LogP contribution >= 0.6 is 0 Å². The molecule has 0 saturated heterocycles. The molecule has 30 heavy (non-hydrogen) atoms. The molecular formula is C21H30N2O7. The second-order valence-electron chi connectivity index (χ2n) is 6.83. The molecule has 0 aliphatic rings. The average molecular weight is 422 g/mol. The first-order valence-electron chi connectivity index (χ1n) is 10.1. The molecule has 0 aromatic heterocycles. The normalized spacial score (nSPS) is 10.3. The first kappa shape index (κ1) is 25.1. The number of hydrogen-bond acceptors (Lipinski definition) is 7. The number of esters is 1. The van der Waals surface area contributed by atoms with Gasteiger partial charge in [0.2, 0.25) is 5.91 Å². The summed E-state index contributed by atoms with van der Waals surface area (Å²) in [4.78, 5) is 47.1. The molecule has 0 aliphatic carbocycles.